The fourth-order valence-corrected chi connectivity index (χ4v) is 3.61. The first-order chi connectivity index (χ1) is 11.1. The Hall–Kier alpha value is -1.83. The van der Waals surface area contributed by atoms with Gasteiger partial charge in [-0.05, 0) is 41.3 Å². The van der Waals surface area contributed by atoms with Crippen molar-refractivity contribution in [3.05, 3.63) is 48.0 Å². The maximum absolute atomic E-state index is 11.3. The minimum Gasteiger partial charge on any atom is -0.328 e. The van der Waals surface area contributed by atoms with Gasteiger partial charge in [0.25, 0.3) is 10.1 Å². The van der Waals surface area contributed by atoms with E-state index in [1.54, 1.807) is 0 Å². The van der Waals surface area contributed by atoms with Gasteiger partial charge in [-0.1, -0.05) is 44.7 Å². The molecule has 0 bridgehead atoms. The fraction of sp³-hybridized carbons (Fsp3) is 0.235. The molecule has 0 saturated carbocycles. The molecule has 24 heavy (non-hydrogen) atoms. The molecule has 0 saturated heterocycles. The van der Waals surface area contributed by atoms with E-state index >= 15 is 0 Å². The van der Waals surface area contributed by atoms with E-state index in [-0.39, 0.29) is 10.3 Å². The van der Waals surface area contributed by atoms with Crippen LogP contribution >= 0.6 is 11.8 Å². The highest BCUT2D eigenvalue weighted by Crippen LogP contribution is 2.36. The predicted octanol–water partition coefficient (Wildman–Crippen LogP) is 3.95. The second-order valence-corrected chi connectivity index (χ2v) is 8.81. The number of hydrogen-bond acceptors (Lipinski definition) is 4. The van der Waals surface area contributed by atoms with Crippen LogP contribution in [0.15, 0.2) is 57.2 Å². The summed E-state index contributed by atoms with van der Waals surface area (Å²) in [6.07, 6.45) is 0.523. The molecule has 0 atom stereocenters. The lowest BCUT2D eigenvalue weighted by atomic mass is 9.87. The smallest absolute Gasteiger partial charge is 0.294 e. The van der Waals surface area contributed by atoms with Crippen LogP contribution in [0.25, 0.3) is 0 Å². The molecule has 0 fully saturated rings. The number of benzene rings is 2. The molecule has 2 aromatic rings. The van der Waals surface area contributed by atoms with Crippen molar-refractivity contribution in [2.24, 2.45) is 0 Å². The average molecular weight is 365 g/mol. The van der Waals surface area contributed by atoms with Gasteiger partial charge in [0.05, 0.1) is 10.6 Å². The molecule has 7 heteroatoms. The van der Waals surface area contributed by atoms with Gasteiger partial charge in [0.15, 0.2) is 0 Å². The zero-order valence-electron chi connectivity index (χ0n) is 13.6. The minimum atomic E-state index is -4.30. The highest BCUT2D eigenvalue weighted by atomic mass is 32.2. The van der Waals surface area contributed by atoms with Gasteiger partial charge in [-0.3, -0.25) is 9.35 Å². The van der Waals surface area contributed by atoms with Crippen molar-refractivity contribution in [1.82, 2.24) is 0 Å². The molecular weight excluding hydrogens is 346 g/mol. The van der Waals surface area contributed by atoms with Gasteiger partial charge >= 0.3 is 0 Å². The van der Waals surface area contributed by atoms with Gasteiger partial charge in [0.2, 0.25) is 6.41 Å². The predicted molar refractivity (Wildman–Crippen MR) is 95.2 cm³/mol. The second kappa shape index (κ2) is 6.96. The number of carbonyl (C=O) groups is 1. The zero-order valence-corrected chi connectivity index (χ0v) is 15.2. The Morgan fingerprint density at radius 1 is 1.08 bits per heavy atom. The van der Waals surface area contributed by atoms with Crippen molar-refractivity contribution in [1.29, 1.82) is 0 Å². The molecule has 0 unspecified atom stereocenters. The lowest BCUT2D eigenvalue weighted by molar-refractivity contribution is -0.105. The van der Waals surface area contributed by atoms with Gasteiger partial charge < -0.3 is 5.32 Å². The van der Waals surface area contributed by atoms with Crippen LogP contribution in [-0.4, -0.2) is 19.4 Å². The van der Waals surface area contributed by atoms with Gasteiger partial charge in [-0.25, -0.2) is 0 Å². The molecule has 2 aromatic carbocycles. The number of nitrogens with one attached hydrogen (secondary N) is 1. The van der Waals surface area contributed by atoms with Gasteiger partial charge in [0.1, 0.15) is 0 Å². The van der Waals surface area contributed by atoms with Crippen molar-refractivity contribution in [2.75, 3.05) is 5.32 Å². The third kappa shape index (κ3) is 4.59. The average Bonchev–Trinajstić information content (AvgIpc) is 2.48. The lowest BCUT2D eigenvalue weighted by Gasteiger charge is -2.19. The van der Waals surface area contributed by atoms with Crippen LogP contribution in [0.5, 0.6) is 0 Å². The van der Waals surface area contributed by atoms with E-state index in [9.17, 15) is 17.8 Å². The number of amides is 1. The van der Waals surface area contributed by atoms with Gasteiger partial charge in [0, 0.05) is 9.79 Å². The van der Waals surface area contributed by atoms with Crippen molar-refractivity contribution in [3.8, 4) is 0 Å². The summed E-state index contributed by atoms with van der Waals surface area (Å²) < 4.78 is 31.8. The Morgan fingerprint density at radius 2 is 1.71 bits per heavy atom. The quantitative estimate of drug-likeness (QED) is 0.619. The molecule has 2 N–H and O–H groups in total. The molecule has 0 spiro atoms. The third-order valence-electron chi connectivity index (χ3n) is 3.41. The zero-order chi connectivity index (χ0) is 18.0. The van der Waals surface area contributed by atoms with E-state index < -0.39 is 10.1 Å². The normalized spacial score (nSPS) is 12.0. The van der Waals surface area contributed by atoms with E-state index in [1.165, 1.54) is 35.5 Å². The summed E-state index contributed by atoms with van der Waals surface area (Å²) in [4.78, 5) is 11.9. The first kappa shape index (κ1) is 18.5. The van der Waals surface area contributed by atoms with E-state index in [0.717, 1.165) is 4.90 Å². The highest BCUT2D eigenvalue weighted by molar-refractivity contribution is 7.99. The third-order valence-corrected chi connectivity index (χ3v) is 5.33. The molecule has 128 valence electrons. The molecule has 0 aromatic heterocycles. The molecular formula is C17H19NO4S2. The topological polar surface area (TPSA) is 83.5 Å². The van der Waals surface area contributed by atoms with Crippen LogP contribution in [0.4, 0.5) is 5.69 Å². The first-order valence-corrected chi connectivity index (χ1v) is 9.47. The summed E-state index contributed by atoms with van der Waals surface area (Å²) in [5.41, 5.74) is 1.70. The monoisotopic (exact) mass is 365 g/mol. The van der Waals surface area contributed by atoms with Crippen molar-refractivity contribution < 1.29 is 17.8 Å². The first-order valence-electron chi connectivity index (χ1n) is 7.21. The van der Waals surface area contributed by atoms with E-state index in [4.69, 9.17) is 0 Å². The van der Waals surface area contributed by atoms with Crippen LogP contribution in [0.3, 0.4) is 0 Å². The lowest BCUT2D eigenvalue weighted by Crippen LogP contribution is -2.10. The molecule has 0 aliphatic carbocycles. The molecule has 0 aliphatic heterocycles. The summed E-state index contributed by atoms with van der Waals surface area (Å²) in [5, 5.41) is 2.53. The minimum absolute atomic E-state index is 0.0400. The molecule has 5 nitrogen and oxygen atoms in total. The molecule has 0 aliphatic rings. The van der Waals surface area contributed by atoms with Crippen LogP contribution in [0.1, 0.15) is 26.3 Å². The number of rotatable bonds is 5. The van der Waals surface area contributed by atoms with Gasteiger partial charge in [-0.15, -0.1) is 0 Å². The van der Waals surface area contributed by atoms with Crippen LogP contribution in [0.2, 0.25) is 0 Å². The Balaban J connectivity index is 2.38. The number of carbonyl (C=O) groups excluding carboxylic acids is 1. The SMILES string of the molecule is CC(C)(C)c1ccc(Sc2cc(S(=O)(=O)O)ccc2NC=O)cc1. The van der Waals surface area contributed by atoms with Gasteiger partial charge in [-0.2, -0.15) is 8.42 Å². The van der Waals surface area contributed by atoms with Crippen LogP contribution in [0, 0.1) is 0 Å². The largest absolute Gasteiger partial charge is 0.328 e. The standard InChI is InChI=1S/C17H19NO4S2/c1-17(2,3)12-4-6-13(7-5-12)23-16-10-14(24(20,21)22)8-9-15(16)18-11-19/h4-11H,1-3H3,(H,18,19)(H,20,21,22). The van der Waals surface area contributed by atoms with Crippen molar-refractivity contribution in [2.45, 2.75) is 40.9 Å². The summed E-state index contributed by atoms with van der Waals surface area (Å²) in [5.74, 6) is 0. The molecule has 0 radical (unpaired) electrons. The van der Waals surface area contributed by atoms with E-state index in [2.05, 4.69) is 26.1 Å². The van der Waals surface area contributed by atoms with E-state index in [1.807, 2.05) is 24.3 Å². The van der Waals surface area contributed by atoms with Crippen molar-refractivity contribution in [3.63, 3.8) is 0 Å². The maximum atomic E-state index is 11.3. The van der Waals surface area contributed by atoms with Crippen molar-refractivity contribution >= 4 is 34.0 Å². The van der Waals surface area contributed by atoms with Crippen LogP contribution < -0.4 is 5.32 Å². The fourth-order valence-electron chi connectivity index (χ4n) is 2.08. The highest BCUT2D eigenvalue weighted by Gasteiger charge is 2.15. The second-order valence-electron chi connectivity index (χ2n) is 6.27. The Bertz CT molecular complexity index is 838. The summed E-state index contributed by atoms with van der Waals surface area (Å²) in [6, 6.07) is 11.9. The summed E-state index contributed by atoms with van der Waals surface area (Å²) in [7, 11) is -4.30. The Kier molecular flexibility index (Phi) is 5.37. The molecule has 0 heterocycles. The summed E-state index contributed by atoms with van der Waals surface area (Å²) >= 11 is 1.31. The Labute approximate surface area is 146 Å². The summed E-state index contributed by atoms with van der Waals surface area (Å²) in [6.45, 7) is 6.37. The Morgan fingerprint density at radius 3 is 2.21 bits per heavy atom. The molecule has 2 rings (SSSR count). The maximum Gasteiger partial charge on any atom is 0.294 e. The molecule has 1 amide bonds. The number of hydrogen-bond donors (Lipinski definition) is 2. The van der Waals surface area contributed by atoms with E-state index in [0.29, 0.717) is 17.0 Å². The van der Waals surface area contributed by atoms with Crippen LogP contribution in [-0.2, 0) is 20.3 Å². The number of anilines is 1.